The van der Waals surface area contributed by atoms with Gasteiger partial charge in [0.15, 0.2) is 0 Å². The minimum absolute atomic E-state index is 0.139. The highest BCUT2D eigenvalue weighted by Crippen LogP contribution is 2.30. The molecule has 1 fully saturated rings. The lowest BCUT2D eigenvalue weighted by molar-refractivity contribution is -0.150. The highest BCUT2D eigenvalue weighted by Gasteiger charge is 2.39. The zero-order valence-electron chi connectivity index (χ0n) is 12.9. The van der Waals surface area contributed by atoms with Crippen molar-refractivity contribution in [2.75, 3.05) is 33.3 Å². The van der Waals surface area contributed by atoms with Crippen LogP contribution in [0.15, 0.2) is 0 Å². The number of piperidine rings is 1. The first-order chi connectivity index (χ1) is 9.80. The van der Waals surface area contributed by atoms with Crippen molar-refractivity contribution < 1.29 is 24.2 Å². The predicted molar refractivity (Wildman–Crippen MR) is 75.8 cm³/mol. The van der Waals surface area contributed by atoms with Crippen LogP contribution >= 0.6 is 0 Å². The summed E-state index contributed by atoms with van der Waals surface area (Å²) < 4.78 is 4.81. The minimum atomic E-state index is -0.893. The van der Waals surface area contributed by atoms with Crippen LogP contribution in [0.5, 0.6) is 0 Å². The third kappa shape index (κ3) is 4.61. The largest absolute Gasteiger partial charge is 0.481 e. The van der Waals surface area contributed by atoms with Crippen LogP contribution in [0.2, 0.25) is 0 Å². The Morgan fingerprint density at radius 2 is 2.05 bits per heavy atom. The van der Waals surface area contributed by atoms with Gasteiger partial charge < -0.3 is 19.6 Å². The van der Waals surface area contributed by atoms with Gasteiger partial charge in [-0.2, -0.15) is 0 Å². The van der Waals surface area contributed by atoms with Crippen molar-refractivity contribution >= 4 is 18.0 Å². The Morgan fingerprint density at radius 3 is 2.62 bits per heavy atom. The van der Waals surface area contributed by atoms with Crippen LogP contribution in [-0.2, 0) is 14.3 Å². The Labute approximate surface area is 124 Å². The molecular formula is C14H24N2O5. The van der Waals surface area contributed by atoms with Crippen molar-refractivity contribution in [3.63, 3.8) is 0 Å². The molecule has 0 aromatic carbocycles. The van der Waals surface area contributed by atoms with Gasteiger partial charge in [-0.3, -0.25) is 9.59 Å². The van der Waals surface area contributed by atoms with Crippen molar-refractivity contribution in [2.45, 2.75) is 33.1 Å². The summed E-state index contributed by atoms with van der Waals surface area (Å²) in [5, 5.41) is 9.26. The molecule has 0 radical (unpaired) electrons. The fourth-order valence-electron chi connectivity index (χ4n) is 2.41. The summed E-state index contributed by atoms with van der Waals surface area (Å²) in [6.45, 7) is 4.72. The number of carbonyl (C=O) groups is 3. The fourth-order valence-corrected chi connectivity index (χ4v) is 2.41. The van der Waals surface area contributed by atoms with E-state index in [4.69, 9.17) is 4.74 Å². The SMILES string of the molecule is CCOC(=O)CCN(C)C(=O)N1CCCC(C)(C(=O)O)C1. The molecule has 7 nitrogen and oxygen atoms in total. The Balaban J connectivity index is 2.54. The summed E-state index contributed by atoms with van der Waals surface area (Å²) >= 11 is 0. The van der Waals surface area contributed by atoms with Gasteiger partial charge in [0, 0.05) is 26.7 Å². The zero-order chi connectivity index (χ0) is 16.0. The van der Waals surface area contributed by atoms with Crippen molar-refractivity contribution in [1.29, 1.82) is 0 Å². The standard InChI is InChI=1S/C14H24N2O5/c1-4-21-11(17)6-9-15(3)13(20)16-8-5-7-14(2,10-16)12(18)19/h4-10H2,1-3H3,(H,18,19). The first-order valence-electron chi connectivity index (χ1n) is 7.19. The van der Waals surface area contributed by atoms with Gasteiger partial charge in [0.05, 0.1) is 18.4 Å². The van der Waals surface area contributed by atoms with Crippen molar-refractivity contribution in [2.24, 2.45) is 5.41 Å². The molecule has 0 aliphatic carbocycles. The predicted octanol–water partition coefficient (Wildman–Crippen LogP) is 1.18. The average Bonchev–Trinajstić information content (AvgIpc) is 2.44. The molecule has 0 spiro atoms. The Hall–Kier alpha value is -1.79. The molecule has 1 aliphatic heterocycles. The molecular weight excluding hydrogens is 276 g/mol. The second-order valence-corrected chi connectivity index (χ2v) is 5.65. The Bertz CT molecular complexity index is 412. The molecule has 21 heavy (non-hydrogen) atoms. The second-order valence-electron chi connectivity index (χ2n) is 5.65. The van der Waals surface area contributed by atoms with Crippen LogP contribution in [0.1, 0.15) is 33.1 Å². The average molecular weight is 300 g/mol. The van der Waals surface area contributed by atoms with E-state index in [1.54, 1.807) is 25.8 Å². The van der Waals surface area contributed by atoms with E-state index < -0.39 is 11.4 Å². The smallest absolute Gasteiger partial charge is 0.319 e. The summed E-state index contributed by atoms with van der Waals surface area (Å²) in [6.07, 6.45) is 1.37. The molecule has 2 amide bonds. The lowest BCUT2D eigenvalue weighted by Gasteiger charge is -2.39. The summed E-state index contributed by atoms with van der Waals surface area (Å²) in [4.78, 5) is 37.8. The quantitative estimate of drug-likeness (QED) is 0.770. The monoisotopic (exact) mass is 300 g/mol. The van der Waals surface area contributed by atoms with Crippen LogP contribution in [0.3, 0.4) is 0 Å². The van der Waals surface area contributed by atoms with E-state index in [0.29, 0.717) is 26.0 Å². The van der Waals surface area contributed by atoms with Gasteiger partial charge in [-0.25, -0.2) is 4.79 Å². The van der Waals surface area contributed by atoms with Crippen LogP contribution < -0.4 is 0 Å². The molecule has 1 unspecified atom stereocenters. The molecule has 1 rings (SSSR count). The second kappa shape index (κ2) is 7.28. The third-order valence-corrected chi connectivity index (χ3v) is 3.77. The number of likely N-dealkylation sites (tertiary alicyclic amines) is 1. The van der Waals surface area contributed by atoms with E-state index >= 15 is 0 Å². The maximum atomic E-state index is 12.3. The first kappa shape index (κ1) is 17.3. The number of esters is 1. The number of urea groups is 1. The number of nitrogens with zero attached hydrogens (tertiary/aromatic N) is 2. The Kier molecular flexibility index (Phi) is 5.99. The highest BCUT2D eigenvalue weighted by atomic mass is 16.5. The van der Waals surface area contributed by atoms with Crippen molar-refractivity contribution in [3.05, 3.63) is 0 Å². The number of carboxylic acids is 1. The van der Waals surface area contributed by atoms with Gasteiger partial charge in [-0.1, -0.05) is 0 Å². The molecule has 0 aromatic rings. The van der Waals surface area contributed by atoms with Crippen LogP contribution in [0, 0.1) is 5.41 Å². The molecule has 0 bridgehead atoms. The number of aliphatic carboxylic acids is 1. The molecule has 1 saturated heterocycles. The fraction of sp³-hybridized carbons (Fsp3) is 0.786. The number of hydrogen-bond acceptors (Lipinski definition) is 4. The number of rotatable bonds is 5. The molecule has 120 valence electrons. The molecule has 1 heterocycles. The third-order valence-electron chi connectivity index (χ3n) is 3.77. The van der Waals surface area contributed by atoms with Gasteiger partial charge in [-0.05, 0) is 26.7 Å². The summed E-state index contributed by atoms with van der Waals surface area (Å²) in [6, 6.07) is -0.244. The summed E-state index contributed by atoms with van der Waals surface area (Å²) in [5.74, 6) is -1.22. The lowest BCUT2D eigenvalue weighted by Crippen LogP contribution is -2.52. The zero-order valence-corrected chi connectivity index (χ0v) is 12.9. The van der Waals surface area contributed by atoms with Gasteiger partial charge in [0.2, 0.25) is 0 Å². The molecule has 1 atom stereocenters. The topological polar surface area (TPSA) is 87.2 Å². The van der Waals surface area contributed by atoms with E-state index in [1.165, 1.54) is 4.90 Å². The summed E-state index contributed by atoms with van der Waals surface area (Å²) in [5.41, 5.74) is -0.893. The van der Waals surface area contributed by atoms with Crippen LogP contribution in [0.25, 0.3) is 0 Å². The summed E-state index contributed by atoms with van der Waals surface area (Å²) in [7, 11) is 1.61. The van der Waals surface area contributed by atoms with E-state index in [9.17, 15) is 19.5 Å². The molecule has 0 saturated carbocycles. The van der Waals surface area contributed by atoms with Gasteiger partial charge >= 0.3 is 18.0 Å². The maximum Gasteiger partial charge on any atom is 0.319 e. The van der Waals surface area contributed by atoms with Gasteiger partial charge in [0.25, 0.3) is 0 Å². The minimum Gasteiger partial charge on any atom is -0.481 e. The van der Waals surface area contributed by atoms with E-state index in [0.717, 1.165) is 0 Å². The first-order valence-corrected chi connectivity index (χ1v) is 7.19. The van der Waals surface area contributed by atoms with Crippen molar-refractivity contribution in [3.8, 4) is 0 Å². The van der Waals surface area contributed by atoms with E-state index in [-0.39, 0.29) is 31.5 Å². The number of amides is 2. The van der Waals surface area contributed by atoms with E-state index in [2.05, 4.69) is 0 Å². The lowest BCUT2D eigenvalue weighted by atomic mass is 9.82. The van der Waals surface area contributed by atoms with Crippen molar-refractivity contribution in [1.82, 2.24) is 9.80 Å². The Morgan fingerprint density at radius 1 is 1.38 bits per heavy atom. The highest BCUT2D eigenvalue weighted by molar-refractivity contribution is 5.79. The maximum absolute atomic E-state index is 12.3. The van der Waals surface area contributed by atoms with Crippen LogP contribution in [0.4, 0.5) is 4.79 Å². The van der Waals surface area contributed by atoms with Crippen LogP contribution in [-0.4, -0.2) is 66.2 Å². The molecule has 0 aromatic heterocycles. The molecule has 1 aliphatic rings. The normalized spacial score (nSPS) is 21.8. The number of carboxylic acid groups (broad SMARTS) is 1. The molecule has 7 heteroatoms. The molecule has 1 N–H and O–H groups in total. The number of ether oxygens (including phenoxy) is 1. The number of carbonyl (C=O) groups excluding carboxylic acids is 2. The van der Waals surface area contributed by atoms with E-state index in [1.807, 2.05) is 0 Å². The van der Waals surface area contributed by atoms with Gasteiger partial charge in [0.1, 0.15) is 0 Å². The number of hydrogen-bond donors (Lipinski definition) is 1. The van der Waals surface area contributed by atoms with Gasteiger partial charge in [-0.15, -0.1) is 0 Å².